The van der Waals surface area contributed by atoms with Gasteiger partial charge in [-0.05, 0) is 47.9 Å². The summed E-state index contributed by atoms with van der Waals surface area (Å²) in [6.45, 7) is 6.03. The molecule has 0 bridgehead atoms. The molecule has 0 spiro atoms. The average Bonchev–Trinajstić information content (AvgIpc) is 2.56. The number of carbonyl (C=O) groups excluding carboxylic acids is 2. The average molecular weight is 409 g/mol. The molecule has 2 amide bonds. The highest BCUT2D eigenvalue weighted by atomic mass is 35.5. The molecule has 2 aromatic carbocycles. The minimum absolute atomic E-state index is 0.0276. The first-order valence-corrected chi connectivity index (χ1v) is 9.76. The second-order valence-electron chi connectivity index (χ2n) is 7.28. The fourth-order valence-corrected chi connectivity index (χ4v) is 3.12. The number of amides is 2. The third kappa shape index (κ3) is 7.61. The fraction of sp³-hybridized carbons (Fsp3) is 0.300. The van der Waals surface area contributed by atoms with Gasteiger partial charge >= 0.3 is 0 Å². The Morgan fingerprint density at radius 2 is 1.59 bits per heavy atom. The van der Waals surface area contributed by atoms with E-state index in [1.165, 1.54) is 30.0 Å². The quantitative estimate of drug-likeness (QED) is 0.613. The molecule has 0 aliphatic carbocycles. The van der Waals surface area contributed by atoms with Crippen LogP contribution >= 0.6 is 23.4 Å². The summed E-state index contributed by atoms with van der Waals surface area (Å²) in [6, 6.07) is 11.3. The largest absolute Gasteiger partial charge is 0.326 e. The molecule has 0 unspecified atom stereocenters. The lowest BCUT2D eigenvalue weighted by Crippen LogP contribution is -2.19. The monoisotopic (exact) mass is 408 g/mol. The molecule has 2 aromatic rings. The molecule has 4 nitrogen and oxygen atoms in total. The lowest BCUT2D eigenvalue weighted by molar-refractivity contribution is -0.118. The van der Waals surface area contributed by atoms with E-state index in [2.05, 4.69) is 10.6 Å². The zero-order chi connectivity index (χ0) is 20.0. The van der Waals surface area contributed by atoms with E-state index in [0.29, 0.717) is 12.1 Å². The summed E-state index contributed by atoms with van der Waals surface area (Å²) in [4.78, 5) is 24.8. The van der Waals surface area contributed by atoms with Crippen LogP contribution in [0.2, 0.25) is 5.02 Å². The highest BCUT2D eigenvalue weighted by Crippen LogP contribution is 2.23. The van der Waals surface area contributed by atoms with Crippen LogP contribution in [-0.2, 0) is 9.59 Å². The Kier molecular flexibility index (Phi) is 7.27. The molecule has 0 aromatic heterocycles. The Morgan fingerprint density at radius 3 is 2.19 bits per heavy atom. The molecule has 2 rings (SSSR count). The Morgan fingerprint density at radius 1 is 1.00 bits per heavy atom. The Bertz CT molecular complexity index is 820. The van der Waals surface area contributed by atoms with Gasteiger partial charge in [0, 0.05) is 22.7 Å². The van der Waals surface area contributed by atoms with Gasteiger partial charge in [0.25, 0.3) is 0 Å². The zero-order valence-electron chi connectivity index (χ0n) is 15.4. The van der Waals surface area contributed by atoms with E-state index >= 15 is 0 Å². The predicted molar refractivity (Wildman–Crippen MR) is 110 cm³/mol. The zero-order valence-corrected chi connectivity index (χ0v) is 17.0. The number of halogens is 2. The first kappa shape index (κ1) is 21.3. The number of rotatable bonds is 6. The molecule has 0 atom stereocenters. The summed E-state index contributed by atoms with van der Waals surface area (Å²) >= 11 is 7.06. The van der Waals surface area contributed by atoms with Crippen LogP contribution < -0.4 is 10.6 Å². The first-order chi connectivity index (χ1) is 12.6. The summed E-state index contributed by atoms with van der Waals surface area (Å²) in [6.07, 6.45) is 0.442. The summed E-state index contributed by atoms with van der Waals surface area (Å²) < 4.78 is 13.1. The highest BCUT2D eigenvalue weighted by Gasteiger charge is 2.15. The molecular formula is C20H22ClFN2O2S. The molecule has 0 heterocycles. The van der Waals surface area contributed by atoms with E-state index in [9.17, 15) is 14.0 Å². The lowest BCUT2D eigenvalue weighted by atomic mass is 9.92. The van der Waals surface area contributed by atoms with Gasteiger partial charge in [-0.1, -0.05) is 32.4 Å². The number of nitrogens with one attached hydrogen (secondary N) is 2. The Hall–Kier alpha value is -2.05. The number of anilines is 2. The maximum absolute atomic E-state index is 13.1. The molecule has 7 heteroatoms. The van der Waals surface area contributed by atoms with Gasteiger partial charge in [0.15, 0.2) is 0 Å². The van der Waals surface area contributed by atoms with Gasteiger partial charge in [-0.3, -0.25) is 9.59 Å². The minimum Gasteiger partial charge on any atom is -0.326 e. The van der Waals surface area contributed by atoms with Crippen molar-refractivity contribution in [2.75, 3.05) is 16.4 Å². The number of benzene rings is 2. The smallest absolute Gasteiger partial charge is 0.234 e. The van der Waals surface area contributed by atoms with Gasteiger partial charge in [-0.15, -0.1) is 11.8 Å². The molecular weight excluding hydrogens is 387 g/mol. The van der Waals surface area contributed by atoms with Crippen LogP contribution in [0.15, 0.2) is 47.4 Å². The summed E-state index contributed by atoms with van der Waals surface area (Å²) in [5.74, 6) is -0.575. The second-order valence-corrected chi connectivity index (χ2v) is 8.73. The van der Waals surface area contributed by atoms with Gasteiger partial charge in [-0.2, -0.15) is 0 Å². The molecule has 0 aliphatic heterocycles. The van der Waals surface area contributed by atoms with Crippen molar-refractivity contribution in [1.29, 1.82) is 0 Å². The summed E-state index contributed by atoms with van der Waals surface area (Å²) in [5, 5.41) is 5.50. The van der Waals surface area contributed by atoms with Crippen molar-refractivity contribution in [3.05, 3.63) is 53.3 Å². The van der Waals surface area contributed by atoms with Crippen LogP contribution in [0.1, 0.15) is 27.2 Å². The Balaban J connectivity index is 1.83. The van der Waals surface area contributed by atoms with Crippen molar-refractivity contribution in [2.45, 2.75) is 32.1 Å². The van der Waals surface area contributed by atoms with E-state index in [1.54, 1.807) is 12.1 Å². The molecule has 0 fully saturated rings. The van der Waals surface area contributed by atoms with E-state index in [1.807, 2.05) is 32.9 Å². The number of carbonyl (C=O) groups is 2. The van der Waals surface area contributed by atoms with Crippen LogP contribution in [0.3, 0.4) is 0 Å². The van der Waals surface area contributed by atoms with Gasteiger partial charge in [0.05, 0.1) is 10.8 Å². The first-order valence-electron chi connectivity index (χ1n) is 8.40. The van der Waals surface area contributed by atoms with Crippen molar-refractivity contribution in [2.24, 2.45) is 5.41 Å². The van der Waals surface area contributed by atoms with Gasteiger partial charge in [0.1, 0.15) is 5.82 Å². The topological polar surface area (TPSA) is 58.2 Å². The van der Waals surface area contributed by atoms with Crippen LogP contribution in [0.25, 0.3) is 0 Å². The van der Waals surface area contributed by atoms with Gasteiger partial charge in [-0.25, -0.2) is 4.39 Å². The maximum Gasteiger partial charge on any atom is 0.234 e. The van der Waals surface area contributed by atoms with Crippen molar-refractivity contribution in [3.8, 4) is 0 Å². The number of hydrogen-bond acceptors (Lipinski definition) is 3. The molecule has 0 saturated heterocycles. The van der Waals surface area contributed by atoms with Crippen LogP contribution in [0.5, 0.6) is 0 Å². The standard InChI is InChI=1S/C20H22ClFN2O2S/c1-20(2,3)11-18(25)23-13-4-7-15(8-5-13)27-12-19(26)24-14-6-9-17(22)16(21)10-14/h4-10H,11-12H2,1-3H3,(H,23,25)(H,24,26). The summed E-state index contributed by atoms with van der Waals surface area (Å²) in [5.41, 5.74) is 1.10. The van der Waals surface area contributed by atoms with Crippen molar-refractivity contribution in [1.82, 2.24) is 0 Å². The second kappa shape index (κ2) is 9.24. The van der Waals surface area contributed by atoms with Crippen LogP contribution in [-0.4, -0.2) is 17.6 Å². The van der Waals surface area contributed by atoms with Crippen molar-refractivity contribution < 1.29 is 14.0 Å². The molecule has 0 radical (unpaired) electrons. The molecule has 27 heavy (non-hydrogen) atoms. The van der Waals surface area contributed by atoms with Crippen molar-refractivity contribution in [3.63, 3.8) is 0 Å². The van der Waals surface area contributed by atoms with E-state index in [0.717, 1.165) is 10.6 Å². The van der Waals surface area contributed by atoms with E-state index < -0.39 is 5.82 Å². The lowest BCUT2D eigenvalue weighted by Gasteiger charge is -2.17. The van der Waals surface area contributed by atoms with Gasteiger partial charge in [0.2, 0.25) is 11.8 Å². The summed E-state index contributed by atoms with van der Waals surface area (Å²) in [7, 11) is 0. The molecule has 2 N–H and O–H groups in total. The van der Waals surface area contributed by atoms with Crippen LogP contribution in [0, 0.1) is 11.2 Å². The molecule has 0 saturated carbocycles. The van der Waals surface area contributed by atoms with Crippen LogP contribution in [0.4, 0.5) is 15.8 Å². The van der Waals surface area contributed by atoms with E-state index in [-0.39, 0.29) is 28.0 Å². The maximum atomic E-state index is 13.1. The predicted octanol–water partition coefficient (Wildman–Crippen LogP) is 5.58. The fourth-order valence-electron chi connectivity index (χ4n) is 2.24. The number of hydrogen-bond donors (Lipinski definition) is 2. The highest BCUT2D eigenvalue weighted by molar-refractivity contribution is 8.00. The third-order valence-corrected chi connectivity index (χ3v) is 4.70. The minimum atomic E-state index is -0.529. The third-order valence-electron chi connectivity index (χ3n) is 3.40. The van der Waals surface area contributed by atoms with Gasteiger partial charge < -0.3 is 10.6 Å². The van der Waals surface area contributed by atoms with E-state index in [4.69, 9.17) is 11.6 Å². The Labute approximate surface area is 167 Å². The number of thioether (sulfide) groups is 1. The normalized spacial score (nSPS) is 11.1. The molecule has 144 valence electrons. The molecule has 0 aliphatic rings. The van der Waals surface area contributed by atoms with Crippen molar-refractivity contribution >= 4 is 46.6 Å². The SMILES string of the molecule is CC(C)(C)CC(=O)Nc1ccc(SCC(=O)Nc2ccc(F)c(Cl)c2)cc1.